The highest BCUT2D eigenvalue weighted by Crippen LogP contribution is 2.18. The van der Waals surface area contributed by atoms with Crippen LogP contribution in [0.2, 0.25) is 0 Å². The van der Waals surface area contributed by atoms with Gasteiger partial charge >= 0.3 is 0 Å². The van der Waals surface area contributed by atoms with Crippen molar-refractivity contribution in [1.82, 2.24) is 20.2 Å². The van der Waals surface area contributed by atoms with E-state index in [0.717, 1.165) is 5.82 Å². The first-order valence-electron chi connectivity index (χ1n) is 3.49. The molecular formula is C6H11ClN4. The number of halogens is 1. The summed E-state index contributed by atoms with van der Waals surface area (Å²) in [5, 5.41) is 11.2. The summed E-state index contributed by atoms with van der Waals surface area (Å²) in [5.74, 6) is 1.02. The Morgan fingerprint density at radius 2 is 2.09 bits per heavy atom. The molecule has 1 heterocycles. The van der Waals surface area contributed by atoms with Crippen molar-refractivity contribution in [1.29, 1.82) is 0 Å². The highest BCUT2D eigenvalue weighted by molar-refractivity contribution is 6.20. The van der Waals surface area contributed by atoms with Gasteiger partial charge in [0.05, 0.1) is 0 Å². The highest BCUT2D eigenvalue weighted by Gasteiger charge is 2.16. The van der Waals surface area contributed by atoms with E-state index in [1.807, 2.05) is 20.9 Å². The van der Waals surface area contributed by atoms with E-state index in [2.05, 4.69) is 15.5 Å². The molecule has 11 heavy (non-hydrogen) atoms. The van der Waals surface area contributed by atoms with E-state index in [4.69, 9.17) is 11.6 Å². The minimum absolute atomic E-state index is 0.0553. The standard InChI is InChI=1S/C6H11ClN4/c1-4(5(2)7)6-8-9-10-11(6)3/h4-5H,1-3H3. The minimum atomic E-state index is 0.0553. The van der Waals surface area contributed by atoms with Gasteiger partial charge in [0.2, 0.25) is 0 Å². The Balaban J connectivity index is 2.84. The van der Waals surface area contributed by atoms with Gasteiger partial charge in [-0.3, -0.25) is 0 Å². The first kappa shape index (κ1) is 8.46. The van der Waals surface area contributed by atoms with Crippen molar-refractivity contribution >= 4 is 11.6 Å². The molecule has 0 spiro atoms. The lowest BCUT2D eigenvalue weighted by molar-refractivity contribution is 0.610. The highest BCUT2D eigenvalue weighted by atomic mass is 35.5. The van der Waals surface area contributed by atoms with Crippen LogP contribution < -0.4 is 0 Å². The second kappa shape index (κ2) is 3.17. The Morgan fingerprint density at radius 1 is 1.45 bits per heavy atom. The summed E-state index contributed by atoms with van der Waals surface area (Å²) in [6.07, 6.45) is 0. The molecule has 2 atom stereocenters. The third-order valence-electron chi connectivity index (χ3n) is 1.75. The summed E-state index contributed by atoms with van der Waals surface area (Å²) in [5.41, 5.74) is 0. The molecule has 1 aromatic heterocycles. The zero-order valence-corrected chi connectivity index (χ0v) is 7.58. The van der Waals surface area contributed by atoms with Gasteiger partial charge in [0, 0.05) is 18.3 Å². The number of hydrogen-bond acceptors (Lipinski definition) is 3. The number of aryl methyl sites for hydroxylation is 1. The molecule has 5 heteroatoms. The lowest BCUT2D eigenvalue weighted by atomic mass is 10.1. The fraction of sp³-hybridized carbons (Fsp3) is 0.833. The predicted molar refractivity (Wildman–Crippen MR) is 42.5 cm³/mol. The van der Waals surface area contributed by atoms with Crippen LogP contribution in [0.15, 0.2) is 0 Å². The molecule has 0 aliphatic carbocycles. The quantitative estimate of drug-likeness (QED) is 0.627. The smallest absolute Gasteiger partial charge is 0.155 e. The maximum absolute atomic E-state index is 5.88. The molecule has 0 bridgehead atoms. The summed E-state index contributed by atoms with van der Waals surface area (Å²) in [7, 11) is 1.81. The Kier molecular flexibility index (Phi) is 2.44. The van der Waals surface area contributed by atoms with Crippen molar-refractivity contribution in [2.45, 2.75) is 25.1 Å². The molecule has 0 N–H and O–H groups in total. The number of tetrazole rings is 1. The first-order valence-corrected chi connectivity index (χ1v) is 3.93. The Morgan fingerprint density at radius 3 is 2.45 bits per heavy atom. The zero-order chi connectivity index (χ0) is 8.43. The summed E-state index contributed by atoms with van der Waals surface area (Å²) >= 11 is 5.88. The van der Waals surface area contributed by atoms with E-state index in [9.17, 15) is 0 Å². The lowest BCUT2D eigenvalue weighted by Crippen LogP contribution is -2.11. The van der Waals surface area contributed by atoms with E-state index >= 15 is 0 Å². The number of alkyl halides is 1. The number of nitrogens with zero attached hydrogens (tertiary/aromatic N) is 4. The lowest BCUT2D eigenvalue weighted by Gasteiger charge is -2.10. The molecule has 0 radical (unpaired) electrons. The van der Waals surface area contributed by atoms with Gasteiger partial charge in [-0.1, -0.05) is 6.92 Å². The first-order chi connectivity index (χ1) is 5.13. The SMILES string of the molecule is CC(Cl)C(C)c1nnnn1C. The maximum atomic E-state index is 5.88. The topological polar surface area (TPSA) is 43.6 Å². The fourth-order valence-electron chi connectivity index (χ4n) is 0.828. The predicted octanol–water partition coefficient (Wildman–Crippen LogP) is 0.941. The number of hydrogen-bond donors (Lipinski definition) is 0. The zero-order valence-electron chi connectivity index (χ0n) is 6.82. The van der Waals surface area contributed by atoms with Crippen molar-refractivity contribution < 1.29 is 0 Å². The molecule has 0 aliphatic rings. The molecule has 0 amide bonds. The van der Waals surface area contributed by atoms with E-state index < -0.39 is 0 Å². The third kappa shape index (κ3) is 1.68. The van der Waals surface area contributed by atoms with Crippen LogP contribution >= 0.6 is 11.6 Å². The van der Waals surface area contributed by atoms with E-state index in [1.165, 1.54) is 0 Å². The van der Waals surface area contributed by atoms with Crippen molar-refractivity contribution in [3.05, 3.63) is 5.82 Å². The number of rotatable bonds is 2. The molecule has 0 saturated carbocycles. The minimum Gasteiger partial charge on any atom is -0.232 e. The van der Waals surface area contributed by atoms with E-state index in [1.54, 1.807) is 4.68 Å². The molecule has 1 rings (SSSR count). The van der Waals surface area contributed by atoms with Crippen molar-refractivity contribution in [2.75, 3.05) is 0 Å². The third-order valence-corrected chi connectivity index (χ3v) is 2.13. The summed E-state index contributed by atoms with van der Waals surface area (Å²) in [4.78, 5) is 0. The average molecular weight is 175 g/mol. The van der Waals surface area contributed by atoms with Gasteiger partial charge in [-0.15, -0.1) is 16.7 Å². The normalized spacial score (nSPS) is 16.4. The average Bonchev–Trinajstić information content (AvgIpc) is 2.33. The summed E-state index contributed by atoms with van der Waals surface area (Å²) < 4.78 is 1.64. The van der Waals surface area contributed by atoms with Gasteiger partial charge in [-0.2, -0.15) is 0 Å². The molecule has 0 aromatic carbocycles. The second-order valence-electron chi connectivity index (χ2n) is 2.63. The van der Waals surface area contributed by atoms with Gasteiger partial charge in [0.1, 0.15) is 0 Å². The van der Waals surface area contributed by atoms with Crippen LogP contribution in [0.4, 0.5) is 0 Å². The van der Waals surface area contributed by atoms with Gasteiger partial charge in [0.15, 0.2) is 5.82 Å². The molecule has 0 saturated heterocycles. The molecule has 0 aliphatic heterocycles. The molecule has 1 aromatic rings. The van der Waals surface area contributed by atoms with E-state index in [0.29, 0.717) is 0 Å². The van der Waals surface area contributed by atoms with Gasteiger partial charge in [-0.05, 0) is 17.4 Å². The van der Waals surface area contributed by atoms with Crippen LogP contribution in [0, 0.1) is 0 Å². The number of aromatic nitrogens is 4. The van der Waals surface area contributed by atoms with Crippen molar-refractivity contribution in [3.8, 4) is 0 Å². The molecule has 62 valence electrons. The van der Waals surface area contributed by atoms with Gasteiger partial charge < -0.3 is 0 Å². The van der Waals surface area contributed by atoms with Crippen molar-refractivity contribution in [3.63, 3.8) is 0 Å². The summed E-state index contributed by atoms with van der Waals surface area (Å²) in [6.45, 7) is 3.93. The largest absolute Gasteiger partial charge is 0.232 e. The second-order valence-corrected chi connectivity index (χ2v) is 3.32. The monoisotopic (exact) mass is 174 g/mol. The van der Waals surface area contributed by atoms with Crippen LogP contribution in [0.25, 0.3) is 0 Å². The maximum Gasteiger partial charge on any atom is 0.155 e. The van der Waals surface area contributed by atoms with Crippen LogP contribution in [0.1, 0.15) is 25.6 Å². The fourth-order valence-corrected chi connectivity index (χ4v) is 0.940. The Bertz CT molecular complexity index is 232. The van der Waals surface area contributed by atoms with Crippen LogP contribution in [-0.2, 0) is 7.05 Å². The summed E-state index contributed by atoms with van der Waals surface area (Å²) in [6, 6.07) is 0. The Hall–Kier alpha value is -0.640. The van der Waals surface area contributed by atoms with Gasteiger partial charge in [0.25, 0.3) is 0 Å². The molecule has 2 unspecified atom stereocenters. The Labute approximate surface area is 70.5 Å². The van der Waals surface area contributed by atoms with Crippen LogP contribution in [0.5, 0.6) is 0 Å². The molecule has 0 fully saturated rings. The van der Waals surface area contributed by atoms with Gasteiger partial charge in [-0.25, -0.2) is 4.68 Å². The van der Waals surface area contributed by atoms with E-state index in [-0.39, 0.29) is 11.3 Å². The molecular weight excluding hydrogens is 164 g/mol. The van der Waals surface area contributed by atoms with Crippen LogP contribution in [0.3, 0.4) is 0 Å². The molecule has 4 nitrogen and oxygen atoms in total. The van der Waals surface area contributed by atoms with Crippen molar-refractivity contribution in [2.24, 2.45) is 7.05 Å². The van der Waals surface area contributed by atoms with Crippen LogP contribution in [-0.4, -0.2) is 25.6 Å².